The molecule has 0 fully saturated rings. The largest absolute Gasteiger partial charge is 0.307 e. The molecule has 0 aliphatic rings. The van der Waals surface area contributed by atoms with E-state index >= 15 is 0 Å². The van der Waals surface area contributed by atoms with Crippen LogP contribution in [-0.2, 0) is 0 Å². The van der Waals surface area contributed by atoms with Crippen molar-refractivity contribution in [2.24, 2.45) is 0 Å². The van der Waals surface area contributed by atoms with Crippen molar-refractivity contribution in [2.75, 3.05) is 0 Å². The average molecular weight is 241 g/mol. The molecule has 0 radical (unpaired) electrons. The fourth-order valence-corrected chi connectivity index (χ4v) is 2.05. The molecule has 0 aliphatic heterocycles. The van der Waals surface area contributed by atoms with Crippen molar-refractivity contribution in [1.29, 1.82) is 0 Å². The lowest BCUT2D eigenvalue weighted by Gasteiger charge is -2.22. The molecule has 3 heteroatoms. The molecule has 1 rings (SSSR count). The zero-order chi connectivity index (χ0) is 12.8. The summed E-state index contributed by atoms with van der Waals surface area (Å²) in [5, 5.41) is 3.35. The first-order chi connectivity index (χ1) is 8.10. The highest BCUT2D eigenvalue weighted by Gasteiger charge is 2.16. The van der Waals surface area contributed by atoms with Crippen LogP contribution >= 0.6 is 0 Å². The second-order valence-corrected chi connectivity index (χ2v) is 4.43. The standard InChI is InChI=1S/C14H21F2N/c1-4-7-11(5-2)17-10(3)12-8-6-9-13(15)14(12)16/h6,8-11,17H,4-5,7H2,1-3H3. The van der Waals surface area contributed by atoms with Crippen molar-refractivity contribution in [3.05, 3.63) is 35.4 Å². The second-order valence-electron chi connectivity index (χ2n) is 4.43. The molecule has 2 unspecified atom stereocenters. The molecule has 17 heavy (non-hydrogen) atoms. The third-order valence-electron chi connectivity index (χ3n) is 3.06. The number of benzene rings is 1. The summed E-state index contributed by atoms with van der Waals surface area (Å²) in [4.78, 5) is 0. The molecule has 0 heterocycles. The first-order valence-electron chi connectivity index (χ1n) is 6.30. The third-order valence-corrected chi connectivity index (χ3v) is 3.06. The zero-order valence-electron chi connectivity index (χ0n) is 10.8. The molecule has 0 saturated carbocycles. The molecular formula is C14H21F2N. The van der Waals surface area contributed by atoms with Crippen LogP contribution in [0.5, 0.6) is 0 Å². The van der Waals surface area contributed by atoms with Crippen LogP contribution in [0.25, 0.3) is 0 Å². The van der Waals surface area contributed by atoms with E-state index in [2.05, 4.69) is 19.2 Å². The molecule has 0 spiro atoms. The fraction of sp³-hybridized carbons (Fsp3) is 0.571. The Morgan fingerprint density at radius 1 is 1.24 bits per heavy atom. The van der Waals surface area contributed by atoms with Crippen LogP contribution in [0.15, 0.2) is 18.2 Å². The highest BCUT2D eigenvalue weighted by Crippen LogP contribution is 2.20. The molecule has 0 bridgehead atoms. The minimum Gasteiger partial charge on any atom is -0.307 e. The Morgan fingerprint density at radius 3 is 2.53 bits per heavy atom. The molecule has 1 N–H and O–H groups in total. The monoisotopic (exact) mass is 241 g/mol. The second kappa shape index (κ2) is 6.70. The Bertz CT molecular complexity index is 352. The van der Waals surface area contributed by atoms with Gasteiger partial charge < -0.3 is 5.32 Å². The molecule has 1 nitrogen and oxygen atoms in total. The van der Waals surface area contributed by atoms with Gasteiger partial charge in [-0.3, -0.25) is 0 Å². The summed E-state index contributed by atoms with van der Waals surface area (Å²) in [6.45, 7) is 6.09. The highest BCUT2D eigenvalue weighted by atomic mass is 19.2. The van der Waals surface area contributed by atoms with E-state index in [0.29, 0.717) is 11.6 Å². The van der Waals surface area contributed by atoms with E-state index in [4.69, 9.17) is 0 Å². The van der Waals surface area contributed by atoms with Gasteiger partial charge in [0, 0.05) is 17.6 Å². The van der Waals surface area contributed by atoms with Gasteiger partial charge in [0.1, 0.15) is 0 Å². The SMILES string of the molecule is CCCC(CC)NC(C)c1cccc(F)c1F. The Labute approximate surface area is 102 Å². The first-order valence-corrected chi connectivity index (χ1v) is 6.30. The molecule has 0 aromatic heterocycles. The molecule has 0 saturated heterocycles. The number of hydrogen-bond donors (Lipinski definition) is 1. The molecule has 1 aromatic rings. The van der Waals surface area contributed by atoms with Gasteiger partial charge in [-0.2, -0.15) is 0 Å². The zero-order valence-corrected chi connectivity index (χ0v) is 10.8. The number of halogens is 2. The summed E-state index contributed by atoms with van der Waals surface area (Å²) < 4.78 is 26.7. The summed E-state index contributed by atoms with van der Waals surface area (Å²) in [7, 11) is 0. The van der Waals surface area contributed by atoms with Gasteiger partial charge in [0.2, 0.25) is 0 Å². The Morgan fingerprint density at radius 2 is 1.94 bits per heavy atom. The van der Waals surface area contributed by atoms with Gasteiger partial charge >= 0.3 is 0 Å². The molecule has 0 aliphatic carbocycles. The third kappa shape index (κ3) is 3.77. The first kappa shape index (κ1) is 14.1. The maximum Gasteiger partial charge on any atom is 0.163 e. The van der Waals surface area contributed by atoms with Crippen LogP contribution in [-0.4, -0.2) is 6.04 Å². The number of hydrogen-bond acceptors (Lipinski definition) is 1. The summed E-state index contributed by atoms with van der Waals surface area (Å²) in [6.07, 6.45) is 3.14. The normalized spacial score (nSPS) is 14.6. The summed E-state index contributed by atoms with van der Waals surface area (Å²) >= 11 is 0. The van der Waals surface area contributed by atoms with Crippen LogP contribution in [0.4, 0.5) is 8.78 Å². The van der Waals surface area contributed by atoms with Crippen LogP contribution in [0.2, 0.25) is 0 Å². The molecule has 96 valence electrons. The van der Waals surface area contributed by atoms with E-state index in [1.54, 1.807) is 12.1 Å². The van der Waals surface area contributed by atoms with Crippen LogP contribution in [0, 0.1) is 11.6 Å². The topological polar surface area (TPSA) is 12.0 Å². The molecule has 1 aromatic carbocycles. The van der Waals surface area contributed by atoms with E-state index in [0.717, 1.165) is 25.3 Å². The van der Waals surface area contributed by atoms with E-state index in [1.807, 2.05) is 6.92 Å². The minimum atomic E-state index is -0.778. The minimum absolute atomic E-state index is 0.165. The quantitative estimate of drug-likeness (QED) is 0.787. The highest BCUT2D eigenvalue weighted by molar-refractivity contribution is 5.22. The Hall–Kier alpha value is -0.960. The Kier molecular flexibility index (Phi) is 5.56. The average Bonchev–Trinajstić information content (AvgIpc) is 2.31. The Balaban J connectivity index is 2.75. The van der Waals surface area contributed by atoms with Gasteiger partial charge in [-0.05, 0) is 25.8 Å². The number of nitrogens with one attached hydrogen (secondary N) is 1. The van der Waals surface area contributed by atoms with E-state index in [1.165, 1.54) is 0 Å². The van der Waals surface area contributed by atoms with Gasteiger partial charge in [-0.25, -0.2) is 8.78 Å². The van der Waals surface area contributed by atoms with E-state index < -0.39 is 11.6 Å². The van der Waals surface area contributed by atoms with Gasteiger partial charge in [-0.1, -0.05) is 32.4 Å². The predicted octanol–water partition coefficient (Wildman–Crippen LogP) is 4.19. The smallest absolute Gasteiger partial charge is 0.163 e. The molecule has 2 atom stereocenters. The van der Waals surface area contributed by atoms with Crippen molar-refractivity contribution in [3.8, 4) is 0 Å². The molecular weight excluding hydrogens is 220 g/mol. The van der Waals surface area contributed by atoms with Gasteiger partial charge in [0.25, 0.3) is 0 Å². The van der Waals surface area contributed by atoms with Crippen molar-refractivity contribution < 1.29 is 8.78 Å². The van der Waals surface area contributed by atoms with Crippen LogP contribution in [0.1, 0.15) is 51.6 Å². The van der Waals surface area contributed by atoms with Crippen molar-refractivity contribution in [1.82, 2.24) is 5.32 Å². The lowest BCUT2D eigenvalue weighted by Crippen LogP contribution is -2.31. The van der Waals surface area contributed by atoms with E-state index in [-0.39, 0.29) is 6.04 Å². The van der Waals surface area contributed by atoms with Crippen molar-refractivity contribution >= 4 is 0 Å². The van der Waals surface area contributed by atoms with Gasteiger partial charge in [-0.15, -0.1) is 0 Å². The van der Waals surface area contributed by atoms with E-state index in [9.17, 15) is 8.78 Å². The fourth-order valence-electron chi connectivity index (χ4n) is 2.05. The predicted molar refractivity (Wildman–Crippen MR) is 66.9 cm³/mol. The van der Waals surface area contributed by atoms with Gasteiger partial charge in [0.05, 0.1) is 0 Å². The maximum absolute atomic E-state index is 13.6. The van der Waals surface area contributed by atoms with Crippen molar-refractivity contribution in [2.45, 2.75) is 52.1 Å². The summed E-state index contributed by atoms with van der Waals surface area (Å²) in [5.41, 5.74) is 0.402. The summed E-state index contributed by atoms with van der Waals surface area (Å²) in [6, 6.07) is 4.52. The summed E-state index contributed by atoms with van der Waals surface area (Å²) in [5.74, 6) is -1.52. The lowest BCUT2D eigenvalue weighted by atomic mass is 10.0. The molecule has 0 amide bonds. The lowest BCUT2D eigenvalue weighted by molar-refractivity contribution is 0.401. The van der Waals surface area contributed by atoms with Crippen LogP contribution in [0.3, 0.4) is 0 Å². The van der Waals surface area contributed by atoms with Crippen LogP contribution < -0.4 is 5.32 Å². The number of rotatable bonds is 6. The maximum atomic E-state index is 13.6. The van der Waals surface area contributed by atoms with Crippen molar-refractivity contribution in [3.63, 3.8) is 0 Å². The van der Waals surface area contributed by atoms with Gasteiger partial charge in [0.15, 0.2) is 11.6 Å².